The molecule has 1 unspecified atom stereocenters. The highest BCUT2D eigenvalue weighted by molar-refractivity contribution is 6.35. The van der Waals surface area contributed by atoms with Crippen molar-refractivity contribution in [2.24, 2.45) is 10.7 Å². The van der Waals surface area contributed by atoms with Crippen molar-refractivity contribution in [1.82, 2.24) is 10.6 Å². The molecule has 0 aliphatic carbocycles. The SMILES string of the molecule is CNC(=O)c1cccc(CCN=C(N)NC(C)c2ccc(Cl)cc2Cl)c1. The quantitative estimate of drug-likeness (QED) is 0.519. The lowest BCUT2D eigenvalue weighted by Crippen LogP contribution is -2.34. The topological polar surface area (TPSA) is 79.5 Å². The number of guanidine groups is 1. The number of nitrogens with two attached hydrogens (primary N) is 1. The van der Waals surface area contributed by atoms with Gasteiger partial charge in [0, 0.05) is 29.2 Å². The zero-order valence-electron chi connectivity index (χ0n) is 14.7. The van der Waals surface area contributed by atoms with Gasteiger partial charge in [0.05, 0.1) is 6.04 Å². The first-order valence-electron chi connectivity index (χ1n) is 8.23. The van der Waals surface area contributed by atoms with Gasteiger partial charge in [-0.3, -0.25) is 9.79 Å². The van der Waals surface area contributed by atoms with Gasteiger partial charge in [0.1, 0.15) is 0 Å². The Kier molecular flexibility index (Phi) is 7.30. The minimum absolute atomic E-state index is 0.0971. The van der Waals surface area contributed by atoms with E-state index >= 15 is 0 Å². The van der Waals surface area contributed by atoms with Crippen LogP contribution in [0.25, 0.3) is 0 Å². The number of amides is 1. The van der Waals surface area contributed by atoms with E-state index in [1.54, 1.807) is 25.2 Å². The highest BCUT2D eigenvalue weighted by atomic mass is 35.5. The van der Waals surface area contributed by atoms with Crippen molar-refractivity contribution in [3.63, 3.8) is 0 Å². The first-order chi connectivity index (χ1) is 12.4. The van der Waals surface area contributed by atoms with Crippen LogP contribution < -0.4 is 16.4 Å². The number of nitrogens with zero attached hydrogens (tertiary/aromatic N) is 1. The number of carbonyl (C=O) groups excluding carboxylic acids is 1. The number of halogens is 2. The molecule has 138 valence electrons. The molecule has 2 aromatic carbocycles. The van der Waals surface area contributed by atoms with Gasteiger partial charge in [-0.25, -0.2) is 0 Å². The highest BCUT2D eigenvalue weighted by Crippen LogP contribution is 2.25. The molecular weight excluding hydrogens is 371 g/mol. The highest BCUT2D eigenvalue weighted by Gasteiger charge is 2.10. The fourth-order valence-electron chi connectivity index (χ4n) is 2.52. The molecule has 2 aromatic rings. The minimum atomic E-state index is -0.106. The number of aliphatic imine (C=N–C) groups is 1. The van der Waals surface area contributed by atoms with E-state index in [0.717, 1.165) is 11.1 Å². The van der Waals surface area contributed by atoms with Gasteiger partial charge in [-0.15, -0.1) is 0 Å². The molecule has 2 rings (SSSR count). The van der Waals surface area contributed by atoms with Gasteiger partial charge in [-0.05, 0) is 48.7 Å². The lowest BCUT2D eigenvalue weighted by Gasteiger charge is -2.16. The summed E-state index contributed by atoms with van der Waals surface area (Å²) >= 11 is 12.1. The Morgan fingerprint density at radius 3 is 2.69 bits per heavy atom. The Labute approximate surface area is 163 Å². The summed E-state index contributed by atoms with van der Waals surface area (Å²) in [5.41, 5.74) is 8.51. The lowest BCUT2D eigenvalue weighted by atomic mass is 10.1. The number of carbonyl (C=O) groups is 1. The van der Waals surface area contributed by atoms with Gasteiger partial charge in [0.2, 0.25) is 0 Å². The Morgan fingerprint density at radius 1 is 1.23 bits per heavy atom. The molecule has 0 spiro atoms. The fourth-order valence-corrected chi connectivity index (χ4v) is 3.09. The average molecular weight is 393 g/mol. The van der Waals surface area contributed by atoms with Crippen LogP contribution in [0.1, 0.15) is 34.5 Å². The smallest absolute Gasteiger partial charge is 0.251 e. The van der Waals surface area contributed by atoms with Crippen molar-refractivity contribution >= 4 is 35.1 Å². The first kappa shape index (κ1) is 20.1. The Morgan fingerprint density at radius 2 is 2.00 bits per heavy atom. The summed E-state index contributed by atoms with van der Waals surface area (Å²) in [4.78, 5) is 16.0. The molecule has 0 saturated carbocycles. The van der Waals surface area contributed by atoms with Crippen molar-refractivity contribution in [3.8, 4) is 0 Å². The molecule has 1 amide bonds. The summed E-state index contributed by atoms with van der Waals surface area (Å²) in [7, 11) is 1.61. The molecular formula is C19H22Cl2N4O. The lowest BCUT2D eigenvalue weighted by molar-refractivity contribution is 0.0963. The minimum Gasteiger partial charge on any atom is -0.370 e. The van der Waals surface area contributed by atoms with Crippen molar-refractivity contribution in [2.75, 3.05) is 13.6 Å². The van der Waals surface area contributed by atoms with Crippen LogP contribution in [-0.2, 0) is 6.42 Å². The van der Waals surface area contributed by atoms with Crippen LogP contribution in [-0.4, -0.2) is 25.5 Å². The molecule has 0 fully saturated rings. The second-order valence-electron chi connectivity index (χ2n) is 5.83. The van der Waals surface area contributed by atoms with Crippen LogP contribution in [0.4, 0.5) is 0 Å². The van der Waals surface area contributed by atoms with Gasteiger partial charge < -0.3 is 16.4 Å². The molecule has 0 heterocycles. The summed E-state index contributed by atoms with van der Waals surface area (Å²) in [6.07, 6.45) is 0.684. The van der Waals surface area contributed by atoms with Crippen LogP contribution in [0.5, 0.6) is 0 Å². The largest absolute Gasteiger partial charge is 0.370 e. The number of hydrogen-bond acceptors (Lipinski definition) is 2. The van der Waals surface area contributed by atoms with Gasteiger partial charge in [0.15, 0.2) is 5.96 Å². The molecule has 7 heteroatoms. The van der Waals surface area contributed by atoms with E-state index in [0.29, 0.717) is 34.5 Å². The van der Waals surface area contributed by atoms with Crippen molar-refractivity contribution in [1.29, 1.82) is 0 Å². The Balaban J connectivity index is 1.93. The Bertz CT molecular complexity index is 808. The molecule has 0 bridgehead atoms. The molecule has 0 aliphatic heterocycles. The van der Waals surface area contributed by atoms with Crippen molar-refractivity contribution in [2.45, 2.75) is 19.4 Å². The van der Waals surface area contributed by atoms with Crippen LogP contribution in [0.15, 0.2) is 47.5 Å². The maximum Gasteiger partial charge on any atom is 0.251 e. The van der Waals surface area contributed by atoms with Crippen LogP contribution in [0.3, 0.4) is 0 Å². The monoisotopic (exact) mass is 392 g/mol. The van der Waals surface area contributed by atoms with Gasteiger partial charge in [0.25, 0.3) is 5.91 Å². The van der Waals surface area contributed by atoms with Gasteiger partial charge in [-0.1, -0.05) is 41.4 Å². The molecule has 4 N–H and O–H groups in total. The molecule has 0 aromatic heterocycles. The summed E-state index contributed by atoms with van der Waals surface area (Å²) in [5, 5.41) is 6.90. The standard InChI is InChI=1S/C19H22Cl2N4O/c1-12(16-7-6-15(20)11-17(16)21)25-19(22)24-9-8-13-4-3-5-14(10-13)18(26)23-2/h3-7,10-12H,8-9H2,1-2H3,(H,23,26)(H3,22,24,25). The molecule has 0 radical (unpaired) electrons. The summed E-state index contributed by atoms with van der Waals surface area (Å²) in [5.74, 6) is 0.233. The van der Waals surface area contributed by atoms with Gasteiger partial charge in [-0.2, -0.15) is 0 Å². The van der Waals surface area contributed by atoms with Crippen molar-refractivity contribution in [3.05, 3.63) is 69.2 Å². The van der Waals surface area contributed by atoms with Crippen LogP contribution in [0, 0.1) is 0 Å². The molecule has 1 atom stereocenters. The third-order valence-corrected chi connectivity index (χ3v) is 4.45. The van der Waals surface area contributed by atoms with E-state index in [9.17, 15) is 4.79 Å². The zero-order chi connectivity index (χ0) is 19.1. The number of benzene rings is 2. The average Bonchev–Trinajstić information content (AvgIpc) is 2.61. The van der Waals surface area contributed by atoms with E-state index in [4.69, 9.17) is 28.9 Å². The number of hydrogen-bond donors (Lipinski definition) is 3. The predicted molar refractivity (Wildman–Crippen MR) is 108 cm³/mol. The zero-order valence-corrected chi connectivity index (χ0v) is 16.2. The van der Waals surface area contributed by atoms with E-state index in [1.165, 1.54) is 0 Å². The molecule has 0 aliphatic rings. The van der Waals surface area contributed by atoms with Crippen molar-refractivity contribution < 1.29 is 4.79 Å². The predicted octanol–water partition coefficient (Wildman–Crippen LogP) is 3.56. The summed E-state index contributed by atoms with van der Waals surface area (Å²) < 4.78 is 0. The first-order valence-corrected chi connectivity index (χ1v) is 8.98. The summed E-state index contributed by atoms with van der Waals surface area (Å²) in [6, 6.07) is 12.7. The second-order valence-corrected chi connectivity index (χ2v) is 6.67. The molecule has 26 heavy (non-hydrogen) atoms. The third-order valence-electron chi connectivity index (χ3n) is 3.89. The maximum absolute atomic E-state index is 11.7. The molecule has 0 saturated heterocycles. The number of rotatable bonds is 6. The third kappa shape index (κ3) is 5.64. The summed E-state index contributed by atoms with van der Waals surface area (Å²) in [6.45, 7) is 2.46. The van der Waals surface area contributed by atoms with E-state index in [-0.39, 0.29) is 11.9 Å². The van der Waals surface area contributed by atoms with E-state index in [1.807, 2.05) is 31.2 Å². The maximum atomic E-state index is 11.7. The van der Waals surface area contributed by atoms with Crippen LogP contribution in [0.2, 0.25) is 10.0 Å². The van der Waals surface area contributed by atoms with E-state index in [2.05, 4.69) is 15.6 Å². The molecule has 5 nitrogen and oxygen atoms in total. The van der Waals surface area contributed by atoms with Crippen LogP contribution >= 0.6 is 23.2 Å². The van der Waals surface area contributed by atoms with Gasteiger partial charge >= 0.3 is 0 Å². The second kappa shape index (κ2) is 9.46. The van der Waals surface area contributed by atoms with E-state index < -0.39 is 0 Å². The normalized spacial score (nSPS) is 12.5. The Hall–Kier alpha value is -2.24. The number of nitrogens with one attached hydrogen (secondary N) is 2. The fraction of sp³-hybridized carbons (Fsp3) is 0.263.